The predicted molar refractivity (Wildman–Crippen MR) is 117 cm³/mol. The standard InChI is InChI=1S/C21H37N3O4S/c1-9-28-19(25)16-10-11-18(27-8)22-17(16)14-15(12-13-20(2,3)4)23-24-29(26)21(5,6)7/h10-11,15,23-24H,9,12-14H2,1-8H3. The second-order valence-electron chi connectivity index (χ2n) is 9.20. The largest absolute Gasteiger partial charge is 0.481 e. The number of nitrogens with one attached hydrogen (secondary N) is 2. The van der Waals surface area contributed by atoms with Gasteiger partial charge >= 0.3 is 5.97 Å². The zero-order chi connectivity index (χ0) is 22.2. The number of carbonyl (C=O) groups is 1. The van der Waals surface area contributed by atoms with Gasteiger partial charge in [-0.3, -0.25) is 0 Å². The number of hydrazine groups is 1. The number of hydrogen-bond acceptors (Lipinski definition) is 6. The Morgan fingerprint density at radius 1 is 1.21 bits per heavy atom. The van der Waals surface area contributed by atoms with Crippen molar-refractivity contribution < 1.29 is 18.5 Å². The van der Waals surface area contributed by atoms with Crippen LogP contribution in [-0.2, 0) is 22.1 Å². The van der Waals surface area contributed by atoms with Crippen molar-refractivity contribution in [3.63, 3.8) is 0 Å². The van der Waals surface area contributed by atoms with Crippen LogP contribution in [0.3, 0.4) is 0 Å². The molecule has 1 aromatic heterocycles. The molecule has 1 aromatic rings. The van der Waals surface area contributed by atoms with Gasteiger partial charge in [-0.25, -0.2) is 19.4 Å². The molecule has 1 heterocycles. The molecule has 1 rings (SSSR count). The van der Waals surface area contributed by atoms with E-state index in [0.29, 0.717) is 30.2 Å². The molecule has 29 heavy (non-hydrogen) atoms. The van der Waals surface area contributed by atoms with Crippen molar-refractivity contribution in [2.45, 2.75) is 78.5 Å². The number of esters is 1. The lowest BCUT2D eigenvalue weighted by molar-refractivity contribution is 0.0524. The normalized spacial score (nSPS) is 14.3. The van der Waals surface area contributed by atoms with Crippen LogP contribution in [0, 0.1) is 5.41 Å². The Hall–Kier alpha value is -1.51. The number of pyridine rings is 1. The SMILES string of the molecule is CCOC(=O)c1ccc(OC)nc1CC(CCC(C)(C)C)NNS(=O)C(C)(C)C. The molecule has 166 valence electrons. The van der Waals surface area contributed by atoms with Crippen LogP contribution in [0.4, 0.5) is 0 Å². The van der Waals surface area contributed by atoms with Crippen LogP contribution in [0.1, 0.15) is 77.4 Å². The summed E-state index contributed by atoms with van der Waals surface area (Å²) in [5.74, 6) is 0.0345. The average molecular weight is 428 g/mol. The number of methoxy groups -OCH3 is 1. The van der Waals surface area contributed by atoms with Gasteiger partial charge in [-0.15, -0.1) is 0 Å². The van der Waals surface area contributed by atoms with Gasteiger partial charge in [0, 0.05) is 18.5 Å². The van der Waals surface area contributed by atoms with E-state index in [0.717, 1.165) is 12.8 Å². The molecule has 0 saturated carbocycles. The monoisotopic (exact) mass is 427 g/mol. The van der Waals surface area contributed by atoms with E-state index in [1.165, 1.54) is 0 Å². The van der Waals surface area contributed by atoms with Crippen molar-refractivity contribution in [3.05, 3.63) is 23.4 Å². The smallest absolute Gasteiger partial charge is 0.339 e. The summed E-state index contributed by atoms with van der Waals surface area (Å²) in [6, 6.07) is 3.26. The third-order valence-corrected chi connectivity index (χ3v) is 5.66. The summed E-state index contributed by atoms with van der Waals surface area (Å²) < 4.78 is 22.4. The van der Waals surface area contributed by atoms with Crippen LogP contribution in [0.2, 0.25) is 0 Å². The molecule has 0 saturated heterocycles. The van der Waals surface area contributed by atoms with Crippen LogP contribution in [-0.4, -0.2) is 39.7 Å². The highest BCUT2D eigenvalue weighted by atomic mass is 32.2. The van der Waals surface area contributed by atoms with Gasteiger partial charge in [0.25, 0.3) is 0 Å². The maximum Gasteiger partial charge on any atom is 0.339 e. The highest BCUT2D eigenvalue weighted by molar-refractivity contribution is 7.84. The first-order valence-corrected chi connectivity index (χ1v) is 11.2. The first kappa shape index (κ1) is 25.5. The number of rotatable bonds is 10. The van der Waals surface area contributed by atoms with E-state index in [-0.39, 0.29) is 11.5 Å². The Bertz CT molecular complexity index is 696. The molecule has 8 heteroatoms. The van der Waals surface area contributed by atoms with Crippen LogP contribution in [0.5, 0.6) is 5.88 Å². The third kappa shape index (κ3) is 9.23. The molecule has 2 N–H and O–H groups in total. The molecular formula is C21H37N3O4S. The Labute approximate surface area is 177 Å². The fraction of sp³-hybridized carbons (Fsp3) is 0.714. The number of aromatic nitrogens is 1. The van der Waals surface area contributed by atoms with Gasteiger partial charge in [0.1, 0.15) is 11.0 Å². The maximum absolute atomic E-state index is 12.4. The van der Waals surface area contributed by atoms with Gasteiger partial charge in [-0.05, 0) is 52.0 Å². The summed E-state index contributed by atoms with van der Waals surface area (Å²) in [7, 11) is 0.280. The maximum atomic E-state index is 12.4. The molecule has 0 bridgehead atoms. The molecule has 0 fully saturated rings. The van der Waals surface area contributed by atoms with Gasteiger partial charge in [0.2, 0.25) is 5.88 Å². The number of carbonyl (C=O) groups excluding carboxylic acids is 1. The van der Waals surface area contributed by atoms with Crippen molar-refractivity contribution in [3.8, 4) is 5.88 Å². The average Bonchev–Trinajstić information content (AvgIpc) is 2.62. The molecule has 0 radical (unpaired) electrons. The molecule has 7 nitrogen and oxygen atoms in total. The van der Waals surface area contributed by atoms with Gasteiger partial charge < -0.3 is 9.47 Å². The van der Waals surface area contributed by atoms with E-state index < -0.39 is 21.7 Å². The predicted octanol–water partition coefficient (Wildman–Crippen LogP) is 3.56. The molecule has 0 aliphatic carbocycles. The van der Waals surface area contributed by atoms with E-state index in [1.54, 1.807) is 26.2 Å². The zero-order valence-electron chi connectivity index (χ0n) is 19.0. The molecule has 0 spiro atoms. The Morgan fingerprint density at radius 2 is 1.86 bits per heavy atom. The van der Waals surface area contributed by atoms with Crippen LogP contribution >= 0.6 is 0 Å². The van der Waals surface area contributed by atoms with E-state index in [9.17, 15) is 9.00 Å². The summed E-state index contributed by atoms with van der Waals surface area (Å²) in [5, 5.41) is 0. The van der Waals surface area contributed by atoms with E-state index >= 15 is 0 Å². The van der Waals surface area contributed by atoms with Crippen molar-refractivity contribution in [2.75, 3.05) is 13.7 Å². The minimum Gasteiger partial charge on any atom is -0.481 e. The van der Waals surface area contributed by atoms with Crippen LogP contribution in [0.15, 0.2) is 12.1 Å². The Morgan fingerprint density at radius 3 is 2.38 bits per heavy atom. The quantitative estimate of drug-likeness (QED) is 0.438. The Balaban J connectivity index is 3.09. The molecule has 0 aliphatic heterocycles. The van der Waals surface area contributed by atoms with Gasteiger partial charge in [0.15, 0.2) is 0 Å². The second kappa shape index (κ2) is 11.0. The van der Waals surface area contributed by atoms with E-state index in [2.05, 4.69) is 36.0 Å². The summed E-state index contributed by atoms with van der Waals surface area (Å²) in [5.41, 5.74) is 4.37. The minimum atomic E-state index is -1.26. The topological polar surface area (TPSA) is 89.6 Å². The molecule has 2 unspecified atom stereocenters. The van der Waals surface area contributed by atoms with E-state index in [4.69, 9.17) is 9.47 Å². The lowest BCUT2D eigenvalue weighted by atomic mass is 9.87. The van der Waals surface area contributed by atoms with Crippen molar-refractivity contribution in [1.29, 1.82) is 0 Å². The fourth-order valence-corrected chi connectivity index (χ4v) is 3.08. The molecule has 0 aromatic carbocycles. The molecular weight excluding hydrogens is 390 g/mol. The Kier molecular flexibility index (Phi) is 9.71. The highest BCUT2D eigenvalue weighted by Gasteiger charge is 2.24. The van der Waals surface area contributed by atoms with Crippen molar-refractivity contribution in [1.82, 2.24) is 15.2 Å². The first-order valence-electron chi connectivity index (χ1n) is 10.0. The van der Waals surface area contributed by atoms with Gasteiger partial charge in [-0.1, -0.05) is 20.8 Å². The minimum absolute atomic E-state index is 0.0756. The number of ether oxygens (including phenoxy) is 2. The van der Waals surface area contributed by atoms with Crippen molar-refractivity contribution >= 4 is 17.0 Å². The molecule has 2 atom stereocenters. The first-order chi connectivity index (χ1) is 13.4. The lowest BCUT2D eigenvalue weighted by Crippen LogP contribution is -2.48. The molecule has 0 amide bonds. The van der Waals surface area contributed by atoms with Crippen LogP contribution in [0.25, 0.3) is 0 Å². The zero-order valence-corrected chi connectivity index (χ0v) is 19.9. The second-order valence-corrected chi connectivity index (χ2v) is 11.2. The summed E-state index contributed by atoms with van der Waals surface area (Å²) in [6.45, 7) is 14.3. The fourth-order valence-electron chi connectivity index (χ4n) is 2.50. The van der Waals surface area contributed by atoms with Crippen LogP contribution < -0.4 is 15.0 Å². The number of hydrogen-bond donors (Lipinski definition) is 2. The molecule has 0 aliphatic rings. The highest BCUT2D eigenvalue weighted by Crippen LogP contribution is 2.24. The van der Waals surface area contributed by atoms with Crippen molar-refractivity contribution in [2.24, 2.45) is 5.41 Å². The third-order valence-electron chi connectivity index (χ3n) is 4.25. The summed E-state index contributed by atoms with van der Waals surface area (Å²) >= 11 is 0. The summed E-state index contributed by atoms with van der Waals surface area (Å²) in [4.78, 5) is 19.8. The van der Waals surface area contributed by atoms with Gasteiger partial charge in [-0.2, -0.15) is 4.83 Å². The van der Waals surface area contributed by atoms with E-state index in [1.807, 2.05) is 20.8 Å². The summed E-state index contributed by atoms with van der Waals surface area (Å²) in [6.07, 6.45) is 2.24. The number of nitrogens with zero attached hydrogens (tertiary/aromatic N) is 1. The lowest BCUT2D eigenvalue weighted by Gasteiger charge is -2.26. The van der Waals surface area contributed by atoms with Gasteiger partial charge in [0.05, 0.1) is 29.7 Å².